The molecule has 0 saturated carbocycles. The summed E-state index contributed by atoms with van der Waals surface area (Å²) < 4.78 is 5.12. The SMILES string of the molecule is CCC1CCCN1CC(O)c1ccc(OC)cc1. The third-order valence-corrected chi connectivity index (χ3v) is 3.88. The van der Waals surface area contributed by atoms with E-state index in [4.69, 9.17) is 4.74 Å². The first-order chi connectivity index (χ1) is 8.74. The molecular weight excluding hydrogens is 226 g/mol. The van der Waals surface area contributed by atoms with Crippen molar-refractivity contribution in [1.82, 2.24) is 4.90 Å². The van der Waals surface area contributed by atoms with E-state index in [-0.39, 0.29) is 0 Å². The van der Waals surface area contributed by atoms with Crippen LogP contribution in [0.3, 0.4) is 0 Å². The van der Waals surface area contributed by atoms with E-state index < -0.39 is 6.10 Å². The van der Waals surface area contributed by atoms with Crippen LogP contribution in [0.15, 0.2) is 24.3 Å². The number of nitrogens with zero attached hydrogens (tertiary/aromatic N) is 1. The predicted octanol–water partition coefficient (Wildman–Crippen LogP) is 2.60. The van der Waals surface area contributed by atoms with Crippen molar-refractivity contribution < 1.29 is 9.84 Å². The highest BCUT2D eigenvalue weighted by Gasteiger charge is 2.25. The number of hydrogen-bond acceptors (Lipinski definition) is 3. The van der Waals surface area contributed by atoms with Crippen LogP contribution in [0.25, 0.3) is 0 Å². The number of β-amino-alcohol motifs (C(OH)–C–C–N with tert-alkyl or cyclic N) is 1. The molecule has 0 amide bonds. The maximum absolute atomic E-state index is 10.3. The molecule has 1 aromatic carbocycles. The Morgan fingerprint density at radius 1 is 1.39 bits per heavy atom. The Labute approximate surface area is 109 Å². The zero-order chi connectivity index (χ0) is 13.0. The Kier molecular flexibility index (Phi) is 4.61. The second-order valence-corrected chi connectivity index (χ2v) is 4.99. The van der Waals surface area contributed by atoms with Gasteiger partial charge in [-0.2, -0.15) is 0 Å². The molecule has 2 atom stereocenters. The lowest BCUT2D eigenvalue weighted by Crippen LogP contribution is -2.32. The summed E-state index contributed by atoms with van der Waals surface area (Å²) >= 11 is 0. The van der Waals surface area contributed by atoms with E-state index in [0.29, 0.717) is 6.04 Å². The van der Waals surface area contributed by atoms with Gasteiger partial charge in [0.25, 0.3) is 0 Å². The summed E-state index contributed by atoms with van der Waals surface area (Å²) in [6, 6.07) is 8.35. The van der Waals surface area contributed by atoms with Gasteiger partial charge in [-0.25, -0.2) is 0 Å². The van der Waals surface area contributed by atoms with Crippen molar-refractivity contribution in [1.29, 1.82) is 0 Å². The lowest BCUT2D eigenvalue weighted by molar-refractivity contribution is 0.105. The molecule has 1 heterocycles. The quantitative estimate of drug-likeness (QED) is 0.870. The Balaban J connectivity index is 1.95. The zero-order valence-electron chi connectivity index (χ0n) is 11.3. The zero-order valence-corrected chi connectivity index (χ0v) is 11.3. The first kappa shape index (κ1) is 13.4. The molecular formula is C15H23NO2. The minimum Gasteiger partial charge on any atom is -0.497 e. The molecule has 0 radical (unpaired) electrons. The number of rotatable bonds is 5. The van der Waals surface area contributed by atoms with Gasteiger partial charge in [0.05, 0.1) is 13.2 Å². The summed E-state index contributed by atoms with van der Waals surface area (Å²) in [5.41, 5.74) is 0.970. The molecule has 1 fully saturated rings. The molecule has 3 heteroatoms. The summed E-state index contributed by atoms with van der Waals surface area (Å²) in [6.07, 6.45) is 3.30. The Bertz CT molecular complexity index is 363. The lowest BCUT2D eigenvalue weighted by atomic mass is 10.1. The highest BCUT2D eigenvalue weighted by molar-refractivity contribution is 5.28. The molecule has 1 saturated heterocycles. The third-order valence-electron chi connectivity index (χ3n) is 3.88. The van der Waals surface area contributed by atoms with Crippen molar-refractivity contribution in [2.75, 3.05) is 20.2 Å². The van der Waals surface area contributed by atoms with Crippen LogP contribution in [0.5, 0.6) is 5.75 Å². The summed E-state index contributed by atoms with van der Waals surface area (Å²) in [4.78, 5) is 2.41. The summed E-state index contributed by atoms with van der Waals surface area (Å²) in [6.45, 7) is 4.08. The average molecular weight is 249 g/mol. The number of aliphatic hydroxyl groups excluding tert-OH is 1. The molecule has 1 aliphatic heterocycles. The van der Waals surface area contributed by atoms with Gasteiger partial charge in [0.2, 0.25) is 0 Å². The van der Waals surface area contributed by atoms with Crippen LogP contribution in [0.4, 0.5) is 0 Å². The normalized spacial score (nSPS) is 22.1. The van der Waals surface area contributed by atoms with Crippen molar-refractivity contribution in [2.45, 2.75) is 38.3 Å². The van der Waals surface area contributed by atoms with Gasteiger partial charge in [0.1, 0.15) is 5.75 Å². The fraction of sp³-hybridized carbons (Fsp3) is 0.600. The largest absolute Gasteiger partial charge is 0.497 e. The molecule has 1 aromatic rings. The van der Waals surface area contributed by atoms with Crippen molar-refractivity contribution in [3.05, 3.63) is 29.8 Å². The maximum atomic E-state index is 10.3. The second-order valence-electron chi connectivity index (χ2n) is 4.99. The van der Waals surface area contributed by atoms with Crippen molar-refractivity contribution >= 4 is 0 Å². The average Bonchev–Trinajstić information content (AvgIpc) is 2.86. The van der Waals surface area contributed by atoms with Gasteiger partial charge in [-0.3, -0.25) is 4.90 Å². The molecule has 100 valence electrons. The topological polar surface area (TPSA) is 32.7 Å². The van der Waals surface area contributed by atoms with Gasteiger partial charge in [-0.1, -0.05) is 19.1 Å². The van der Waals surface area contributed by atoms with Gasteiger partial charge in [0, 0.05) is 12.6 Å². The van der Waals surface area contributed by atoms with Crippen LogP contribution in [0, 0.1) is 0 Å². The van der Waals surface area contributed by atoms with Crippen molar-refractivity contribution in [2.24, 2.45) is 0 Å². The minimum atomic E-state index is -0.400. The monoisotopic (exact) mass is 249 g/mol. The molecule has 2 rings (SSSR count). The summed E-state index contributed by atoms with van der Waals surface area (Å²) in [5, 5.41) is 10.3. The second kappa shape index (κ2) is 6.21. The number of hydrogen-bond donors (Lipinski definition) is 1. The number of aliphatic hydroxyl groups is 1. The standard InChI is InChI=1S/C15H23NO2/c1-3-13-5-4-10-16(13)11-15(17)12-6-8-14(18-2)9-7-12/h6-9,13,15,17H,3-5,10-11H2,1-2H3. The molecule has 0 aromatic heterocycles. The smallest absolute Gasteiger partial charge is 0.118 e. The molecule has 2 unspecified atom stereocenters. The van der Waals surface area contributed by atoms with E-state index in [9.17, 15) is 5.11 Å². The van der Waals surface area contributed by atoms with E-state index in [0.717, 1.165) is 24.4 Å². The fourth-order valence-corrected chi connectivity index (χ4v) is 2.75. The highest BCUT2D eigenvalue weighted by Crippen LogP contribution is 2.24. The summed E-state index contributed by atoms with van der Waals surface area (Å²) in [5.74, 6) is 0.832. The Morgan fingerprint density at radius 2 is 2.11 bits per heavy atom. The molecule has 3 nitrogen and oxygen atoms in total. The molecule has 0 spiro atoms. The number of likely N-dealkylation sites (tertiary alicyclic amines) is 1. The van der Waals surface area contributed by atoms with Crippen LogP contribution in [0.1, 0.15) is 37.9 Å². The Morgan fingerprint density at radius 3 is 2.72 bits per heavy atom. The molecule has 1 aliphatic rings. The van der Waals surface area contributed by atoms with E-state index in [1.807, 2.05) is 24.3 Å². The van der Waals surface area contributed by atoms with Crippen LogP contribution >= 0.6 is 0 Å². The summed E-state index contributed by atoms with van der Waals surface area (Å²) in [7, 11) is 1.65. The third kappa shape index (κ3) is 3.03. The maximum Gasteiger partial charge on any atom is 0.118 e. The van der Waals surface area contributed by atoms with Crippen LogP contribution in [-0.4, -0.2) is 36.2 Å². The van der Waals surface area contributed by atoms with Gasteiger partial charge in [-0.05, 0) is 43.5 Å². The predicted molar refractivity (Wildman–Crippen MR) is 72.8 cm³/mol. The van der Waals surface area contributed by atoms with E-state index in [1.54, 1.807) is 7.11 Å². The highest BCUT2D eigenvalue weighted by atomic mass is 16.5. The van der Waals surface area contributed by atoms with Crippen LogP contribution in [0.2, 0.25) is 0 Å². The van der Waals surface area contributed by atoms with Crippen LogP contribution in [-0.2, 0) is 0 Å². The van der Waals surface area contributed by atoms with Gasteiger partial charge >= 0.3 is 0 Å². The van der Waals surface area contributed by atoms with E-state index in [2.05, 4.69) is 11.8 Å². The number of benzene rings is 1. The van der Waals surface area contributed by atoms with Gasteiger partial charge in [-0.15, -0.1) is 0 Å². The van der Waals surface area contributed by atoms with Crippen LogP contribution < -0.4 is 4.74 Å². The van der Waals surface area contributed by atoms with Crippen molar-refractivity contribution in [3.8, 4) is 5.75 Å². The van der Waals surface area contributed by atoms with E-state index >= 15 is 0 Å². The lowest BCUT2D eigenvalue weighted by Gasteiger charge is -2.26. The number of ether oxygens (including phenoxy) is 1. The fourth-order valence-electron chi connectivity index (χ4n) is 2.75. The first-order valence-electron chi connectivity index (χ1n) is 6.80. The molecule has 18 heavy (non-hydrogen) atoms. The Hall–Kier alpha value is -1.06. The van der Waals surface area contributed by atoms with E-state index in [1.165, 1.54) is 19.3 Å². The number of methoxy groups -OCH3 is 1. The van der Waals surface area contributed by atoms with Crippen molar-refractivity contribution in [3.63, 3.8) is 0 Å². The van der Waals surface area contributed by atoms with Gasteiger partial charge in [0.15, 0.2) is 0 Å². The molecule has 0 bridgehead atoms. The minimum absolute atomic E-state index is 0.400. The molecule has 1 N–H and O–H groups in total. The van der Waals surface area contributed by atoms with Gasteiger partial charge < -0.3 is 9.84 Å². The first-order valence-corrected chi connectivity index (χ1v) is 6.80. The molecule has 0 aliphatic carbocycles.